The lowest BCUT2D eigenvalue weighted by Gasteiger charge is -2.23. The summed E-state index contributed by atoms with van der Waals surface area (Å²) in [6, 6.07) is 2.41. The van der Waals surface area contributed by atoms with Gasteiger partial charge in [-0.1, -0.05) is 25.7 Å². The number of hydrogen-bond donors (Lipinski definition) is 3. The summed E-state index contributed by atoms with van der Waals surface area (Å²) in [6.45, 7) is 0. The highest BCUT2D eigenvalue weighted by atomic mass is 19.1. The minimum atomic E-state index is -1.10. The summed E-state index contributed by atoms with van der Waals surface area (Å²) < 4.78 is 13.3. The van der Waals surface area contributed by atoms with E-state index in [0.29, 0.717) is 0 Å². The Morgan fingerprint density at radius 3 is 2.50 bits per heavy atom. The summed E-state index contributed by atoms with van der Waals surface area (Å²) in [5.41, 5.74) is 0.0850. The molecule has 0 heterocycles. The van der Waals surface area contributed by atoms with Gasteiger partial charge in [0.25, 0.3) is 0 Å². The molecule has 0 saturated heterocycles. The molecule has 1 fully saturated rings. The van der Waals surface area contributed by atoms with Crippen molar-refractivity contribution in [3.63, 3.8) is 0 Å². The van der Waals surface area contributed by atoms with Crippen molar-refractivity contribution in [2.75, 3.05) is 0 Å². The molecule has 2 rings (SSSR count). The van der Waals surface area contributed by atoms with Gasteiger partial charge in [0.1, 0.15) is 17.6 Å². The second-order valence-electron chi connectivity index (χ2n) is 5.33. The number of nitrogens with one attached hydrogen (secondary N) is 1. The Morgan fingerprint density at radius 2 is 1.90 bits per heavy atom. The zero-order valence-corrected chi connectivity index (χ0v) is 11.3. The average Bonchev–Trinajstić information content (AvgIpc) is 2.67. The van der Waals surface area contributed by atoms with Crippen LogP contribution in [0.15, 0.2) is 18.2 Å². The number of phenols is 1. The van der Waals surface area contributed by atoms with E-state index in [4.69, 9.17) is 0 Å². The van der Waals surface area contributed by atoms with Crippen LogP contribution < -0.4 is 5.32 Å². The molecule has 1 unspecified atom stereocenters. The number of carbonyl (C=O) groups is 1. The molecule has 20 heavy (non-hydrogen) atoms. The van der Waals surface area contributed by atoms with Crippen LogP contribution in [0.3, 0.4) is 0 Å². The number of halogens is 1. The highest BCUT2D eigenvalue weighted by Crippen LogP contribution is 2.27. The van der Waals surface area contributed by atoms with Crippen molar-refractivity contribution in [3.05, 3.63) is 29.6 Å². The van der Waals surface area contributed by atoms with Gasteiger partial charge in [0.05, 0.1) is 0 Å². The SMILES string of the molecule is O=C(O)C(NC1CCCCCC1)c1cc(F)ccc1O. The van der Waals surface area contributed by atoms with Crippen molar-refractivity contribution >= 4 is 5.97 Å². The fourth-order valence-corrected chi connectivity index (χ4v) is 2.73. The summed E-state index contributed by atoms with van der Waals surface area (Å²) in [5.74, 6) is -1.85. The summed E-state index contributed by atoms with van der Waals surface area (Å²) in [6.07, 6.45) is 6.31. The normalized spacial score (nSPS) is 18.4. The molecule has 0 aliphatic heterocycles. The van der Waals surface area contributed by atoms with E-state index in [1.54, 1.807) is 0 Å². The van der Waals surface area contributed by atoms with Crippen molar-refractivity contribution in [1.82, 2.24) is 5.32 Å². The van der Waals surface area contributed by atoms with Crippen LogP contribution >= 0.6 is 0 Å². The van der Waals surface area contributed by atoms with Gasteiger partial charge in [0.15, 0.2) is 0 Å². The molecule has 1 saturated carbocycles. The largest absolute Gasteiger partial charge is 0.508 e. The number of aromatic hydroxyl groups is 1. The summed E-state index contributed by atoms with van der Waals surface area (Å²) in [7, 11) is 0. The Labute approximate surface area is 117 Å². The van der Waals surface area contributed by atoms with Gasteiger partial charge in [0, 0.05) is 11.6 Å². The zero-order valence-electron chi connectivity index (χ0n) is 11.3. The number of aliphatic carboxylic acids is 1. The smallest absolute Gasteiger partial charge is 0.325 e. The predicted octanol–water partition coefficient (Wildman–Crippen LogP) is 2.97. The molecule has 1 aromatic rings. The quantitative estimate of drug-likeness (QED) is 0.742. The second kappa shape index (κ2) is 6.70. The van der Waals surface area contributed by atoms with Gasteiger partial charge < -0.3 is 10.2 Å². The Bertz CT molecular complexity index is 470. The van der Waals surface area contributed by atoms with E-state index in [2.05, 4.69) is 5.32 Å². The van der Waals surface area contributed by atoms with Gasteiger partial charge in [-0.05, 0) is 31.0 Å². The van der Waals surface area contributed by atoms with Crippen molar-refractivity contribution in [2.45, 2.75) is 50.6 Å². The Kier molecular flexibility index (Phi) is 4.95. The molecule has 1 aliphatic carbocycles. The molecule has 1 aliphatic rings. The number of rotatable bonds is 4. The van der Waals surface area contributed by atoms with Crippen LogP contribution in [0.2, 0.25) is 0 Å². The van der Waals surface area contributed by atoms with Gasteiger partial charge >= 0.3 is 5.97 Å². The van der Waals surface area contributed by atoms with Crippen molar-refractivity contribution in [3.8, 4) is 5.75 Å². The minimum absolute atomic E-state index is 0.0850. The lowest BCUT2D eigenvalue weighted by molar-refractivity contribution is -0.140. The maximum Gasteiger partial charge on any atom is 0.325 e. The minimum Gasteiger partial charge on any atom is -0.508 e. The highest BCUT2D eigenvalue weighted by molar-refractivity contribution is 5.76. The van der Waals surface area contributed by atoms with Crippen LogP contribution in [0.1, 0.15) is 50.1 Å². The van der Waals surface area contributed by atoms with Gasteiger partial charge in [0.2, 0.25) is 0 Å². The maximum atomic E-state index is 13.3. The molecule has 0 bridgehead atoms. The number of carboxylic acids is 1. The zero-order chi connectivity index (χ0) is 14.5. The summed E-state index contributed by atoms with van der Waals surface area (Å²) in [5, 5.41) is 22.2. The Hall–Kier alpha value is -1.62. The summed E-state index contributed by atoms with van der Waals surface area (Å²) >= 11 is 0. The van der Waals surface area contributed by atoms with Crippen molar-refractivity contribution in [2.24, 2.45) is 0 Å². The molecule has 5 heteroatoms. The van der Waals surface area contributed by atoms with E-state index in [1.807, 2.05) is 0 Å². The molecule has 1 atom stereocenters. The van der Waals surface area contributed by atoms with E-state index in [1.165, 1.54) is 18.9 Å². The highest BCUT2D eigenvalue weighted by Gasteiger charge is 2.26. The molecule has 1 aromatic carbocycles. The maximum absolute atomic E-state index is 13.3. The fraction of sp³-hybridized carbons (Fsp3) is 0.533. The molecule has 0 amide bonds. The van der Waals surface area contributed by atoms with Crippen LogP contribution in [0.5, 0.6) is 5.75 Å². The number of carboxylic acid groups (broad SMARTS) is 1. The Balaban J connectivity index is 2.17. The fourth-order valence-electron chi connectivity index (χ4n) is 2.73. The molecular formula is C15H20FNO3. The lowest BCUT2D eigenvalue weighted by Crippen LogP contribution is -2.37. The van der Waals surface area contributed by atoms with Crippen molar-refractivity contribution in [1.29, 1.82) is 0 Å². The van der Waals surface area contributed by atoms with Gasteiger partial charge in [-0.3, -0.25) is 10.1 Å². The molecule has 3 N–H and O–H groups in total. The van der Waals surface area contributed by atoms with Crippen LogP contribution in [0.4, 0.5) is 4.39 Å². The number of hydrogen-bond acceptors (Lipinski definition) is 3. The van der Waals surface area contributed by atoms with Gasteiger partial charge in [-0.2, -0.15) is 0 Å². The number of benzene rings is 1. The summed E-state index contributed by atoms with van der Waals surface area (Å²) in [4.78, 5) is 11.4. The first-order chi connectivity index (χ1) is 9.58. The molecule has 4 nitrogen and oxygen atoms in total. The number of phenolic OH excluding ortho intramolecular Hbond substituents is 1. The first kappa shape index (κ1) is 14.8. The predicted molar refractivity (Wildman–Crippen MR) is 73.1 cm³/mol. The molecule has 110 valence electrons. The third-order valence-electron chi connectivity index (χ3n) is 3.81. The average molecular weight is 281 g/mol. The van der Waals surface area contributed by atoms with Crippen LogP contribution in [-0.2, 0) is 4.79 Å². The van der Waals surface area contributed by atoms with Crippen LogP contribution in [0.25, 0.3) is 0 Å². The van der Waals surface area contributed by atoms with Gasteiger partial charge in [-0.25, -0.2) is 4.39 Å². The van der Waals surface area contributed by atoms with E-state index < -0.39 is 17.8 Å². The third kappa shape index (κ3) is 3.70. The first-order valence-corrected chi connectivity index (χ1v) is 7.05. The first-order valence-electron chi connectivity index (χ1n) is 7.05. The van der Waals surface area contributed by atoms with E-state index in [-0.39, 0.29) is 17.4 Å². The van der Waals surface area contributed by atoms with E-state index in [0.717, 1.165) is 37.8 Å². The molecular weight excluding hydrogens is 261 g/mol. The molecule has 0 aromatic heterocycles. The second-order valence-corrected chi connectivity index (χ2v) is 5.33. The molecule has 0 radical (unpaired) electrons. The standard InChI is InChI=1S/C15H20FNO3/c16-10-7-8-13(18)12(9-10)14(15(19)20)17-11-5-3-1-2-4-6-11/h7-9,11,14,17-18H,1-6H2,(H,19,20). The van der Waals surface area contributed by atoms with Gasteiger partial charge in [-0.15, -0.1) is 0 Å². The van der Waals surface area contributed by atoms with E-state index >= 15 is 0 Å². The van der Waals surface area contributed by atoms with Crippen LogP contribution in [0, 0.1) is 5.82 Å². The lowest BCUT2D eigenvalue weighted by atomic mass is 10.0. The third-order valence-corrected chi connectivity index (χ3v) is 3.81. The van der Waals surface area contributed by atoms with E-state index in [9.17, 15) is 19.4 Å². The monoisotopic (exact) mass is 281 g/mol. The topological polar surface area (TPSA) is 69.6 Å². The van der Waals surface area contributed by atoms with Crippen LogP contribution in [-0.4, -0.2) is 22.2 Å². The molecule has 0 spiro atoms. The Morgan fingerprint density at radius 1 is 1.25 bits per heavy atom. The van der Waals surface area contributed by atoms with Crippen molar-refractivity contribution < 1.29 is 19.4 Å².